The van der Waals surface area contributed by atoms with Crippen LogP contribution in [0.5, 0.6) is 0 Å². The van der Waals surface area contributed by atoms with Crippen molar-refractivity contribution in [2.75, 3.05) is 0 Å². The number of pyridine rings is 1. The van der Waals surface area contributed by atoms with Gasteiger partial charge in [-0.25, -0.2) is 0 Å². The van der Waals surface area contributed by atoms with Gasteiger partial charge in [-0.2, -0.15) is 0 Å². The zero-order valence-corrected chi connectivity index (χ0v) is 7.95. The lowest BCUT2D eigenvalue weighted by atomic mass is 9.80. The van der Waals surface area contributed by atoms with Gasteiger partial charge in [0.15, 0.2) is 0 Å². The van der Waals surface area contributed by atoms with E-state index in [9.17, 15) is 4.79 Å². The number of carbonyl (C=O) groups is 1. The van der Waals surface area contributed by atoms with E-state index in [0.29, 0.717) is 6.42 Å². The molecule has 1 unspecified atom stereocenters. The highest BCUT2D eigenvalue weighted by atomic mass is 16.1. The summed E-state index contributed by atoms with van der Waals surface area (Å²) >= 11 is 0. The van der Waals surface area contributed by atoms with Crippen molar-refractivity contribution in [2.24, 2.45) is 5.73 Å². The first-order chi connectivity index (χ1) is 6.11. The van der Waals surface area contributed by atoms with Gasteiger partial charge in [0.05, 0.1) is 5.41 Å². The van der Waals surface area contributed by atoms with Gasteiger partial charge < -0.3 is 5.73 Å². The molecule has 0 aliphatic rings. The lowest BCUT2D eigenvalue weighted by molar-refractivity contribution is -0.123. The minimum absolute atomic E-state index is 0.303. The molecular weight excluding hydrogens is 164 g/mol. The number of amides is 1. The van der Waals surface area contributed by atoms with E-state index in [-0.39, 0.29) is 5.91 Å². The smallest absolute Gasteiger partial charge is 0.227 e. The van der Waals surface area contributed by atoms with Crippen molar-refractivity contribution >= 4 is 5.91 Å². The summed E-state index contributed by atoms with van der Waals surface area (Å²) in [5.41, 5.74) is 5.64. The second-order valence-electron chi connectivity index (χ2n) is 3.29. The Bertz CT molecular complexity index is 297. The number of primary amides is 1. The van der Waals surface area contributed by atoms with Gasteiger partial charge in [-0.05, 0) is 25.0 Å². The maximum atomic E-state index is 11.2. The largest absolute Gasteiger partial charge is 0.369 e. The quantitative estimate of drug-likeness (QED) is 0.757. The van der Waals surface area contributed by atoms with E-state index in [2.05, 4.69) is 4.98 Å². The van der Waals surface area contributed by atoms with Crippen LogP contribution in [-0.4, -0.2) is 10.9 Å². The maximum Gasteiger partial charge on any atom is 0.227 e. The minimum atomic E-state index is -0.589. The minimum Gasteiger partial charge on any atom is -0.369 e. The average molecular weight is 178 g/mol. The van der Waals surface area contributed by atoms with Crippen molar-refractivity contribution in [1.82, 2.24) is 4.98 Å². The molecule has 3 nitrogen and oxygen atoms in total. The highest BCUT2D eigenvalue weighted by molar-refractivity contribution is 5.86. The molecule has 0 aliphatic carbocycles. The topological polar surface area (TPSA) is 56.0 Å². The Labute approximate surface area is 78.0 Å². The highest BCUT2D eigenvalue weighted by Crippen LogP contribution is 2.25. The van der Waals surface area contributed by atoms with Crippen LogP contribution in [0.15, 0.2) is 24.5 Å². The van der Waals surface area contributed by atoms with Gasteiger partial charge in [-0.15, -0.1) is 0 Å². The van der Waals surface area contributed by atoms with Gasteiger partial charge in [0.1, 0.15) is 0 Å². The first-order valence-corrected chi connectivity index (χ1v) is 4.31. The van der Waals surface area contributed by atoms with Crippen molar-refractivity contribution in [3.63, 3.8) is 0 Å². The van der Waals surface area contributed by atoms with Crippen LogP contribution in [0, 0.1) is 0 Å². The second kappa shape index (κ2) is 3.56. The summed E-state index contributed by atoms with van der Waals surface area (Å²) in [5, 5.41) is 0. The lowest BCUT2D eigenvalue weighted by Gasteiger charge is -2.24. The normalized spacial score (nSPS) is 14.9. The summed E-state index contributed by atoms with van der Waals surface area (Å²) < 4.78 is 0. The average Bonchev–Trinajstić information content (AvgIpc) is 2.17. The molecule has 2 N–H and O–H groups in total. The monoisotopic (exact) mass is 178 g/mol. The third-order valence-corrected chi connectivity index (χ3v) is 2.55. The summed E-state index contributed by atoms with van der Waals surface area (Å²) in [4.78, 5) is 15.2. The molecule has 0 saturated heterocycles. The molecule has 0 saturated carbocycles. The molecular formula is C10H14N2O. The maximum absolute atomic E-state index is 11.2. The Hall–Kier alpha value is -1.38. The van der Waals surface area contributed by atoms with Crippen molar-refractivity contribution in [3.05, 3.63) is 30.1 Å². The van der Waals surface area contributed by atoms with Crippen molar-refractivity contribution in [3.8, 4) is 0 Å². The van der Waals surface area contributed by atoms with Crippen LogP contribution in [0.2, 0.25) is 0 Å². The van der Waals surface area contributed by atoms with E-state index in [1.165, 1.54) is 0 Å². The number of hydrogen-bond donors (Lipinski definition) is 1. The summed E-state index contributed by atoms with van der Waals surface area (Å²) in [7, 11) is 0. The molecule has 13 heavy (non-hydrogen) atoms. The van der Waals surface area contributed by atoms with E-state index in [0.717, 1.165) is 5.56 Å². The van der Waals surface area contributed by atoms with Crippen molar-refractivity contribution in [2.45, 2.75) is 25.7 Å². The van der Waals surface area contributed by atoms with Crippen LogP contribution >= 0.6 is 0 Å². The number of hydrogen-bond acceptors (Lipinski definition) is 2. The zero-order chi connectivity index (χ0) is 9.90. The van der Waals surface area contributed by atoms with E-state index in [4.69, 9.17) is 5.73 Å². The van der Waals surface area contributed by atoms with E-state index >= 15 is 0 Å². The molecule has 0 aromatic carbocycles. The number of carbonyl (C=O) groups excluding carboxylic acids is 1. The van der Waals surface area contributed by atoms with E-state index in [1.54, 1.807) is 12.4 Å². The highest BCUT2D eigenvalue weighted by Gasteiger charge is 2.30. The lowest BCUT2D eigenvalue weighted by Crippen LogP contribution is -2.37. The molecule has 1 rings (SSSR count). The molecule has 1 heterocycles. The molecule has 0 bridgehead atoms. The van der Waals surface area contributed by atoms with Gasteiger partial charge in [0.2, 0.25) is 5.91 Å². The molecule has 0 spiro atoms. The Morgan fingerprint density at radius 3 is 2.77 bits per heavy atom. The number of aromatic nitrogens is 1. The van der Waals surface area contributed by atoms with Crippen LogP contribution in [0.3, 0.4) is 0 Å². The fourth-order valence-electron chi connectivity index (χ4n) is 1.21. The third-order valence-electron chi connectivity index (χ3n) is 2.55. The molecule has 1 aromatic heterocycles. The Morgan fingerprint density at radius 2 is 2.38 bits per heavy atom. The summed E-state index contributed by atoms with van der Waals surface area (Å²) in [5.74, 6) is -0.303. The molecule has 0 radical (unpaired) electrons. The Balaban J connectivity index is 3.11. The first-order valence-electron chi connectivity index (χ1n) is 4.31. The van der Waals surface area contributed by atoms with Crippen LogP contribution in [0.25, 0.3) is 0 Å². The summed E-state index contributed by atoms with van der Waals surface area (Å²) in [6.07, 6.45) is 4.06. The van der Waals surface area contributed by atoms with Crippen molar-refractivity contribution in [1.29, 1.82) is 0 Å². The molecule has 0 fully saturated rings. The summed E-state index contributed by atoms with van der Waals surface area (Å²) in [6, 6.07) is 3.69. The molecule has 0 aliphatic heterocycles. The number of rotatable bonds is 3. The molecule has 1 atom stereocenters. The second-order valence-corrected chi connectivity index (χ2v) is 3.29. The van der Waals surface area contributed by atoms with Crippen LogP contribution in [0.1, 0.15) is 25.8 Å². The fourth-order valence-corrected chi connectivity index (χ4v) is 1.21. The zero-order valence-electron chi connectivity index (χ0n) is 7.95. The Morgan fingerprint density at radius 1 is 1.69 bits per heavy atom. The van der Waals surface area contributed by atoms with Crippen LogP contribution < -0.4 is 5.73 Å². The summed E-state index contributed by atoms with van der Waals surface area (Å²) in [6.45, 7) is 3.78. The standard InChI is InChI=1S/C10H14N2O/c1-3-10(2,9(11)13)8-5-4-6-12-7-8/h4-7H,3H2,1-2H3,(H2,11,13). The number of nitrogens with two attached hydrogens (primary N) is 1. The van der Waals surface area contributed by atoms with Crippen molar-refractivity contribution < 1.29 is 4.79 Å². The van der Waals surface area contributed by atoms with Crippen LogP contribution in [-0.2, 0) is 10.2 Å². The molecule has 3 heteroatoms. The van der Waals surface area contributed by atoms with E-state index in [1.807, 2.05) is 26.0 Å². The van der Waals surface area contributed by atoms with E-state index < -0.39 is 5.41 Å². The van der Waals surface area contributed by atoms with Gasteiger partial charge in [-0.3, -0.25) is 9.78 Å². The van der Waals surface area contributed by atoms with Gasteiger partial charge in [0.25, 0.3) is 0 Å². The SMILES string of the molecule is CCC(C)(C(N)=O)c1cccnc1. The predicted molar refractivity (Wildman–Crippen MR) is 51.1 cm³/mol. The first kappa shape index (κ1) is 9.71. The van der Waals surface area contributed by atoms with Gasteiger partial charge in [-0.1, -0.05) is 13.0 Å². The third kappa shape index (κ3) is 1.69. The fraction of sp³-hybridized carbons (Fsp3) is 0.400. The molecule has 1 amide bonds. The Kier molecular flexibility index (Phi) is 2.66. The van der Waals surface area contributed by atoms with Crippen LogP contribution in [0.4, 0.5) is 0 Å². The number of nitrogens with zero attached hydrogens (tertiary/aromatic N) is 1. The predicted octanol–water partition coefficient (Wildman–Crippen LogP) is 1.23. The van der Waals surface area contributed by atoms with Gasteiger partial charge >= 0.3 is 0 Å². The molecule has 1 aromatic rings. The molecule has 70 valence electrons. The van der Waals surface area contributed by atoms with Gasteiger partial charge in [0, 0.05) is 12.4 Å².